The van der Waals surface area contributed by atoms with Gasteiger partial charge >= 0.3 is 165 Å². The number of nitrogens with one attached hydrogen (secondary N) is 1. The van der Waals surface area contributed by atoms with Gasteiger partial charge in [0.05, 0.1) is 0 Å². The van der Waals surface area contributed by atoms with Crippen LogP contribution in [-0.2, 0) is 22.7 Å². The third-order valence-electron chi connectivity index (χ3n) is 5.96. The van der Waals surface area contributed by atoms with Crippen molar-refractivity contribution in [2.75, 3.05) is 11.9 Å². The third-order valence-corrected chi connectivity index (χ3v) is 5.96. The molecule has 1 N–H and O–H groups in total. The summed E-state index contributed by atoms with van der Waals surface area (Å²) in [5.41, 5.74) is 5.46. The SMILES string of the molecule is C=BCCCCn1nnc2c1-c1ccccc1CN(C(=O)CCC(=O)NC)c1ccccc1-2. The Hall–Kier alpha value is -3.55. The second-order valence-electron chi connectivity index (χ2n) is 8.12. The number of aryl methyl sites for hydroxylation is 1. The van der Waals surface area contributed by atoms with Gasteiger partial charge in [-0.25, -0.2) is 0 Å². The van der Waals surface area contributed by atoms with Gasteiger partial charge < -0.3 is 5.32 Å². The molecule has 0 saturated heterocycles. The molecule has 0 radical (unpaired) electrons. The molecule has 8 heteroatoms. The second-order valence-corrected chi connectivity index (χ2v) is 8.12. The van der Waals surface area contributed by atoms with Crippen LogP contribution in [0.1, 0.15) is 31.2 Å². The van der Waals surface area contributed by atoms with Crippen molar-refractivity contribution < 1.29 is 9.59 Å². The molecular formula is C25H28BN5O2. The number of rotatable bonds is 8. The van der Waals surface area contributed by atoms with E-state index in [-0.39, 0.29) is 24.7 Å². The van der Waals surface area contributed by atoms with Crippen molar-refractivity contribution in [2.45, 2.75) is 45.1 Å². The van der Waals surface area contributed by atoms with Gasteiger partial charge in [0.1, 0.15) is 0 Å². The number of hydrogen-bond donors (Lipinski definition) is 1. The molecular weight excluding hydrogens is 413 g/mol. The number of carbonyl (C=O) groups is 2. The van der Waals surface area contributed by atoms with Crippen LogP contribution >= 0.6 is 0 Å². The topological polar surface area (TPSA) is 80.1 Å². The van der Waals surface area contributed by atoms with E-state index in [0.29, 0.717) is 6.54 Å². The molecule has 1 aromatic heterocycles. The van der Waals surface area contributed by atoms with E-state index in [4.69, 9.17) is 0 Å². The van der Waals surface area contributed by atoms with Crippen LogP contribution in [0.25, 0.3) is 22.5 Å². The van der Waals surface area contributed by atoms with Crippen LogP contribution < -0.4 is 10.2 Å². The summed E-state index contributed by atoms with van der Waals surface area (Å²) in [6, 6.07) is 15.9. The summed E-state index contributed by atoms with van der Waals surface area (Å²) in [6.45, 7) is 6.92. The molecule has 0 spiro atoms. The number of hydrogen-bond acceptors (Lipinski definition) is 4. The van der Waals surface area contributed by atoms with E-state index < -0.39 is 0 Å². The molecule has 168 valence electrons. The Balaban J connectivity index is 1.79. The van der Waals surface area contributed by atoms with Crippen LogP contribution in [0, 0.1) is 0 Å². The van der Waals surface area contributed by atoms with E-state index in [2.05, 4.69) is 28.2 Å². The van der Waals surface area contributed by atoms with E-state index >= 15 is 0 Å². The Kier molecular flexibility index (Phi) is 7.12. The second kappa shape index (κ2) is 10.4. The molecule has 0 fully saturated rings. The molecule has 1 aliphatic heterocycles. The van der Waals surface area contributed by atoms with Crippen molar-refractivity contribution >= 4 is 30.9 Å². The number of aromatic nitrogens is 3. The van der Waals surface area contributed by atoms with Gasteiger partial charge in [0, 0.05) is 13.5 Å². The number of anilines is 1. The molecule has 3 aromatic rings. The summed E-state index contributed by atoms with van der Waals surface area (Å²) in [5.74, 6) is -0.244. The standard InChI is InChI=1S/C25H28BN5O2/c1-26-15-7-8-16-31-25-19-10-4-3-9-18(19)17-30(23(33)14-13-22(32)27-2)21-12-6-5-11-20(21)24(25)28-29-31/h3-6,9-12H,1,7-8,13-17H2,2H3,(H,27,32). The van der Waals surface area contributed by atoms with Crippen LogP contribution in [-0.4, -0.2) is 47.2 Å². The number of para-hydroxylation sites is 1. The van der Waals surface area contributed by atoms with Crippen LogP contribution in [0.2, 0.25) is 6.32 Å². The van der Waals surface area contributed by atoms with Gasteiger partial charge in [-0.15, -0.1) is 0 Å². The Labute approximate surface area is 194 Å². The van der Waals surface area contributed by atoms with Crippen LogP contribution in [0.3, 0.4) is 0 Å². The molecule has 0 aliphatic carbocycles. The molecule has 0 atom stereocenters. The van der Waals surface area contributed by atoms with Crippen molar-refractivity contribution in [2.24, 2.45) is 0 Å². The van der Waals surface area contributed by atoms with Gasteiger partial charge in [0.15, 0.2) is 0 Å². The molecule has 0 saturated carbocycles. The van der Waals surface area contributed by atoms with Crippen molar-refractivity contribution in [1.29, 1.82) is 0 Å². The van der Waals surface area contributed by atoms with Gasteiger partial charge in [-0.2, -0.15) is 0 Å². The summed E-state index contributed by atoms with van der Waals surface area (Å²) < 4.78 is 1.98. The predicted octanol–water partition coefficient (Wildman–Crippen LogP) is 3.32. The first kappa shape index (κ1) is 22.6. The van der Waals surface area contributed by atoms with Gasteiger partial charge in [-0.3, -0.25) is 4.79 Å². The van der Waals surface area contributed by atoms with Crippen LogP contribution in [0.5, 0.6) is 0 Å². The monoisotopic (exact) mass is 441 g/mol. The quantitative estimate of drug-likeness (QED) is 0.430. The first-order valence-corrected chi connectivity index (χ1v) is 11.4. The van der Waals surface area contributed by atoms with Gasteiger partial charge in [-0.05, 0) is 0 Å². The summed E-state index contributed by atoms with van der Waals surface area (Å²) in [7, 11) is 1.58. The first-order valence-electron chi connectivity index (χ1n) is 11.4. The Morgan fingerprint density at radius 2 is 1.82 bits per heavy atom. The van der Waals surface area contributed by atoms with Crippen molar-refractivity contribution in [3.63, 3.8) is 0 Å². The minimum absolute atomic E-state index is 0.0962. The van der Waals surface area contributed by atoms with Crippen molar-refractivity contribution in [3.05, 3.63) is 54.1 Å². The number of fused-ring (bicyclic) bond motifs is 5. The average Bonchev–Trinajstić information content (AvgIpc) is 3.25. The van der Waals surface area contributed by atoms with E-state index in [1.54, 1.807) is 11.9 Å². The fourth-order valence-electron chi connectivity index (χ4n) is 4.22. The molecule has 2 amide bonds. The predicted molar refractivity (Wildman–Crippen MR) is 132 cm³/mol. The van der Waals surface area contributed by atoms with Crippen molar-refractivity contribution in [1.82, 2.24) is 20.3 Å². The van der Waals surface area contributed by atoms with Gasteiger partial charge in [-0.1, -0.05) is 0 Å². The summed E-state index contributed by atoms with van der Waals surface area (Å²) in [4.78, 5) is 26.8. The number of unbranched alkanes of at least 4 members (excludes halogenated alkanes) is 1. The number of carbonyl (C=O) groups excluding carboxylic acids is 2. The molecule has 33 heavy (non-hydrogen) atoms. The summed E-state index contributed by atoms with van der Waals surface area (Å²) >= 11 is 0. The zero-order valence-corrected chi connectivity index (χ0v) is 19.0. The summed E-state index contributed by atoms with van der Waals surface area (Å²) in [5, 5.41) is 11.7. The molecule has 4 rings (SSSR count). The third kappa shape index (κ3) is 4.79. The normalized spacial score (nSPS) is 12.0. The zero-order valence-electron chi connectivity index (χ0n) is 19.0. The van der Waals surface area contributed by atoms with Crippen LogP contribution in [0.4, 0.5) is 5.69 Å². The molecule has 2 heterocycles. The fourth-order valence-corrected chi connectivity index (χ4v) is 4.22. The number of amides is 2. The molecule has 7 nitrogen and oxygen atoms in total. The van der Waals surface area contributed by atoms with E-state index in [0.717, 1.165) is 59.5 Å². The molecule has 0 bridgehead atoms. The summed E-state index contributed by atoms with van der Waals surface area (Å²) in [6.07, 6.45) is 3.30. The number of benzene rings is 2. The van der Waals surface area contributed by atoms with E-state index in [9.17, 15) is 9.59 Å². The Morgan fingerprint density at radius 3 is 2.61 bits per heavy atom. The Bertz CT molecular complexity index is 1170. The molecule has 0 unspecified atom stereocenters. The van der Waals surface area contributed by atoms with Crippen molar-refractivity contribution in [3.8, 4) is 22.5 Å². The average molecular weight is 441 g/mol. The fraction of sp³-hybridized carbons (Fsp3) is 0.320. The Morgan fingerprint density at radius 1 is 1.06 bits per heavy atom. The van der Waals surface area contributed by atoms with Gasteiger partial charge in [0.2, 0.25) is 5.91 Å². The first-order chi connectivity index (χ1) is 16.1. The maximum atomic E-state index is 13.3. The molecule has 1 aliphatic rings. The minimum atomic E-state index is -0.147. The van der Waals surface area contributed by atoms with E-state index in [1.165, 1.54) is 0 Å². The molecule has 2 aromatic carbocycles. The maximum absolute atomic E-state index is 13.3. The van der Waals surface area contributed by atoms with E-state index in [1.807, 2.05) is 54.1 Å². The number of nitrogens with zero attached hydrogens (tertiary/aromatic N) is 4. The zero-order chi connectivity index (χ0) is 23.2. The van der Waals surface area contributed by atoms with Gasteiger partial charge in [0.25, 0.3) is 0 Å². The van der Waals surface area contributed by atoms with Crippen LogP contribution in [0.15, 0.2) is 48.5 Å².